The van der Waals surface area contributed by atoms with Gasteiger partial charge in [-0.3, -0.25) is 4.79 Å². The molecule has 0 saturated heterocycles. The summed E-state index contributed by atoms with van der Waals surface area (Å²) < 4.78 is 6.94. The van der Waals surface area contributed by atoms with Crippen molar-refractivity contribution < 1.29 is 14.3 Å². The summed E-state index contributed by atoms with van der Waals surface area (Å²) in [6.45, 7) is 4.81. The lowest BCUT2D eigenvalue weighted by molar-refractivity contribution is -0.113. The van der Waals surface area contributed by atoms with Gasteiger partial charge in [0.2, 0.25) is 5.91 Å². The highest BCUT2D eigenvalue weighted by Crippen LogP contribution is 2.37. The van der Waals surface area contributed by atoms with E-state index in [9.17, 15) is 9.59 Å². The maximum atomic E-state index is 12.6. The zero-order valence-electron chi connectivity index (χ0n) is 18.4. The van der Waals surface area contributed by atoms with Crippen LogP contribution in [0.25, 0.3) is 11.4 Å². The van der Waals surface area contributed by atoms with E-state index >= 15 is 0 Å². The van der Waals surface area contributed by atoms with Crippen molar-refractivity contribution >= 4 is 51.3 Å². The Bertz CT molecular complexity index is 1130. The van der Waals surface area contributed by atoms with E-state index in [0.717, 1.165) is 41.7 Å². The molecule has 3 aromatic heterocycles. The highest BCUT2D eigenvalue weighted by molar-refractivity contribution is 7.99. The zero-order chi connectivity index (χ0) is 22.7. The predicted octanol–water partition coefficient (Wildman–Crippen LogP) is 5.18. The van der Waals surface area contributed by atoms with Gasteiger partial charge >= 0.3 is 5.97 Å². The average molecular weight is 491 g/mol. The second-order valence-corrected chi connectivity index (χ2v) is 10.8. The first-order valence-corrected chi connectivity index (χ1v) is 13.3. The molecule has 1 aliphatic rings. The Morgan fingerprint density at radius 3 is 2.88 bits per heavy atom. The van der Waals surface area contributed by atoms with E-state index < -0.39 is 5.97 Å². The number of esters is 1. The summed E-state index contributed by atoms with van der Waals surface area (Å²) in [6, 6.07) is 1.73. The number of thiophene rings is 2. The van der Waals surface area contributed by atoms with Crippen LogP contribution in [0.3, 0.4) is 0 Å². The molecule has 0 aliphatic heterocycles. The van der Waals surface area contributed by atoms with Gasteiger partial charge in [-0.1, -0.05) is 18.7 Å². The topological polar surface area (TPSA) is 86.1 Å². The van der Waals surface area contributed by atoms with Crippen molar-refractivity contribution in [2.75, 3.05) is 18.2 Å². The minimum atomic E-state index is -0.455. The number of carbonyl (C=O) groups is 2. The van der Waals surface area contributed by atoms with Crippen LogP contribution >= 0.6 is 34.4 Å². The summed E-state index contributed by atoms with van der Waals surface area (Å²) in [5.41, 5.74) is 2.99. The van der Waals surface area contributed by atoms with Crippen molar-refractivity contribution in [2.45, 2.75) is 57.7 Å². The van der Waals surface area contributed by atoms with Gasteiger partial charge in [0, 0.05) is 27.2 Å². The lowest BCUT2D eigenvalue weighted by atomic mass is 9.95. The van der Waals surface area contributed by atoms with Crippen molar-refractivity contribution in [3.63, 3.8) is 0 Å². The molecule has 1 N–H and O–H groups in total. The summed E-state index contributed by atoms with van der Waals surface area (Å²) in [5, 5.41) is 15.2. The van der Waals surface area contributed by atoms with Gasteiger partial charge in [-0.15, -0.1) is 32.9 Å². The van der Waals surface area contributed by atoms with E-state index in [0.29, 0.717) is 10.6 Å². The molecule has 3 aromatic rings. The summed E-state index contributed by atoms with van der Waals surface area (Å²) >= 11 is 4.55. The average Bonchev–Trinajstić information content (AvgIpc) is 3.49. The van der Waals surface area contributed by atoms with Crippen LogP contribution in [0.4, 0.5) is 5.00 Å². The number of ether oxygens (including phenoxy) is 1. The standard InChI is InChI=1S/C22H26N4O3S3/c1-4-9-26-19(16-11-30-17-8-6-5-7-14(16)17)24-25-22(26)31-12-18(27)23-20-15(21(28)29-3)10-13(2)32-20/h10-11H,4-9,12H2,1-3H3,(H,23,27). The molecule has 7 nitrogen and oxygen atoms in total. The number of methoxy groups -OCH3 is 1. The quantitative estimate of drug-likeness (QED) is 0.346. The minimum Gasteiger partial charge on any atom is -0.465 e. The summed E-state index contributed by atoms with van der Waals surface area (Å²) in [5.74, 6) is 0.434. The predicted molar refractivity (Wildman–Crippen MR) is 130 cm³/mol. The molecule has 4 rings (SSSR count). The second kappa shape index (κ2) is 10.2. The van der Waals surface area contributed by atoms with Crippen LogP contribution < -0.4 is 5.32 Å². The molecule has 0 aromatic carbocycles. The Hall–Kier alpha value is -2.17. The van der Waals surface area contributed by atoms with Crippen LogP contribution in [0.1, 0.15) is 51.9 Å². The number of hydrogen-bond donors (Lipinski definition) is 1. The first-order valence-electron chi connectivity index (χ1n) is 10.7. The van der Waals surface area contributed by atoms with Crippen LogP contribution in [0.2, 0.25) is 0 Å². The van der Waals surface area contributed by atoms with Gasteiger partial charge in [0.25, 0.3) is 0 Å². The number of aromatic nitrogens is 3. The number of nitrogens with one attached hydrogen (secondary N) is 1. The molecule has 170 valence electrons. The first-order chi connectivity index (χ1) is 15.5. The fourth-order valence-corrected chi connectivity index (χ4v) is 6.67. The van der Waals surface area contributed by atoms with Crippen LogP contribution in [-0.4, -0.2) is 39.5 Å². The molecule has 10 heteroatoms. The van der Waals surface area contributed by atoms with E-state index in [1.165, 1.54) is 59.1 Å². The number of fused-ring (bicyclic) bond motifs is 1. The summed E-state index contributed by atoms with van der Waals surface area (Å²) in [6.07, 6.45) is 5.68. The van der Waals surface area contributed by atoms with Gasteiger partial charge in [-0.2, -0.15) is 0 Å². The summed E-state index contributed by atoms with van der Waals surface area (Å²) in [4.78, 5) is 27.0. The van der Waals surface area contributed by atoms with Crippen molar-refractivity contribution in [1.82, 2.24) is 14.8 Å². The van der Waals surface area contributed by atoms with Crippen molar-refractivity contribution in [3.05, 3.63) is 32.3 Å². The molecule has 0 bridgehead atoms. The lowest BCUT2D eigenvalue weighted by Gasteiger charge is -2.13. The second-order valence-electron chi connectivity index (χ2n) is 7.64. The number of thioether (sulfide) groups is 1. The number of anilines is 1. The Kier molecular flexibility index (Phi) is 7.32. The van der Waals surface area contributed by atoms with Crippen molar-refractivity contribution in [3.8, 4) is 11.4 Å². The number of amides is 1. The van der Waals surface area contributed by atoms with E-state index in [1.807, 2.05) is 18.3 Å². The smallest absolute Gasteiger partial charge is 0.340 e. The molecule has 0 radical (unpaired) electrons. The molecule has 0 spiro atoms. The third-order valence-electron chi connectivity index (χ3n) is 5.31. The molecule has 32 heavy (non-hydrogen) atoms. The third kappa shape index (κ3) is 4.77. The van der Waals surface area contributed by atoms with Crippen LogP contribution in [0.5, 0.6) is 0 Å². The maximum absolute atomic E-state index is 12.6. The SMILES string of the molecule is CCCn1c(SCC(=O)Nc2sc(C)cc2C(=O)OC)nnc1-c1csc2c1CCCC2. The number of rotatable bonds is 8. The molecule has 0 atom stereocenters. The Morgan fingerprint density at radius 1 is 1.28 bits per heavy atom. The van der Waals surface area contributed by atoms with Gasteiger partial charge in [-0.25, -0.2) is 4.79 Å². The third-order valence-corrected chi connectivity index (χ3v) is 8.33. The molecule has 1 aliphatic carbocycles. The van der Waals surface area contributed by atoms with Crippen molar-refractivity contribution in [1.29, 1.82) is 0 Å². The normalized spacial score (nSPS) is 13.1. The molecule has 3 heterocycles. The van der Waals surface area contributed by atoms with Crippen LogP contribution in [0.15, 0.2) is 16.6 Å². The minimum absolute atomic E-state index is 0.182. The largest absolute Gasteiger partial charge is 0.465 e. The van der Waals surface area contributed by atoms with Gasteiger partial charge in [0.1, 0.15) is 5.00 Å². The maximum Gasteiger partial charge on any atom is 0.340 e. The number of carbonyl (C=O) groups excluding carboxylic acids is 2. The van der Waals surface area contributed by atoms with Gasteiger partial charge < -0.3 is 14.6 Å². The number of aryl methyl sites for hydroxylation is 2. The van der Waals surface area contributed by atoms with E-state index in [2.05, 4.69) is 32.4 Å². The highest BCUT2D eigenvalue weighted by Gasteiger charge is 2.23. The number of hydrogen-bond acceptors (Lipinski definition) is 8. The Balaban J connectivity index is 1.49. The van der Waals surface area contributed by atoms with Gasteiger partial charge in [0.15, 0.2) is 11.0 Å². The molecule has 0 saturated carbocycles. The van der Waals surface area contributed by atoms with Gasteiger partial charge in [0.05, 0.1) is 18.4 Å². The molecule has 1 amide bonds. The Morgan fingerprint density at radius 2 is 2.09 bits per heavy atom. The summed E-state index contributed by atoms with van der Waals surface area (Å²) in [7, 11) is 1.33. The van der Waals surface area contributed by atoms with E-state index in [4.69, 9.17) is 4.74 Å². The number of nitrogens with zero attached hydrogens (tertiary/aromatic N) is 3. The molecular weight excluding hydrogens is 464 g/mol. The fraction of sp³-hybridized carbons (Fsp3) is 0.455. The molecular formula is C22H26N4O3S3. The van der Waals surface area contributed by atoms with Crippen LogP contribution in [-0.2, 0) is 28.9 Å². The Labute approximate surface area is 199 Å². The monoisotopic (exact) mass is 490 g/mol. The van der Waals surface area contributed by atoms with E-state index in [1.54, 1.807) is 6.07 Å². The zero-order valence-corrected chi connectivity index (χ0v) is 20.8. The van der Waals surface area contributed by atoms with Gasteiger partial charge in [-0.05, 0) is 50.7 Å². The van der Waals surface area contributed by atoms with Crippen molar-refractivity contribution in [2.24, 2.45) is 0 Å². The lowest BCUT2D eigenvalue weighted by Crippen LogP contribution is -2.16. The highest BCUT2D eigenvalue weighted by atomic mass is 32.2. The molecule has 0 unspecified atom stereocenters. The van der Waals surface area contributed by atoms with Crippen LogP contribution in [0, 0.1) is 6.92 Å². The first kappa shape index (κ1) is 23.0. The molecule has 0 fully saturated rings. The van der Waals surface area contributed by atoms with E-state index in [-0.39, 0.29) is 11.7 Å². The fourth-order valence-electron chi connectivity index (χ4n) is 3.86.